The van der Waals surface area contributed by atoms with Crippen molar-refractivity contribution < 1.29 is 23.5 Å². The highest BCUT2D eigenvalue weighted by molar-refractivity contribution is 5.69. The fourth-order valence-electron chi connectivity index (χ4n) is 1.68. The number of hydrogen-bond acceptors (Lipinski definition) is 4. The molecule has 0 aromatic heterocycles. The molecule has 0 aliphatic carbocycles. The zero-order valence-corrected chi connectivity index (χ0v) is 9.90. The molecule has 5 heteroatoms. The zero-order valence-electron chi connectivity index (χ0n) is 12.9. The second-order valence-corrected chi connectivity index (χ2v) is 4.94. The first-order valence-corrected chi connectivity index (χ1v) is 5.30. The summed E-state index contributed by atoms with van der Waals surface area (Å²) >= 11 is 0. The van der Waals surface area contributed by atoms with Gasteiger partial charge in [-0.15, -0.1) is 0 Å². The number of amides is 1. The third kappa shape index (κ3) is 3.35. The van der Waals surface area contributed by atoms with Crippen LogP contribution in [0.1, 0.15) is 31.3 Å². The minimum atomic E-state index is -2.51. The molecule has 0 radical (unpaired) electrons. The maximum atomic E-state index is 11.9. The van der Waals surface area contributed by atoms with Gasteiger partial charge in [0.15, 0.2) is 0 Å². The van der Waals surface area contributed by atoms with Gasteiger partial charge in [-0.2, -0.15) is 0 Å². The lowest BCUT2D eigenvalue weighted by atomic mass is 10.2. The predicted octanol–water partition coefficient (Wildman–Crippen LogP) is 1.00. The largest absolute Gasteiger partial charge is 0.444 e. The van der Waals surface area contributed by atoms with Crippen LogP contribution in [-0.2, 0) is 9.47 Å². The Balaban J connectivity index is 2.65. The molecule has 1 N–H and O–H groups in total. The van der Waals surface area contributed by atoms with Gasteiger partial charge < -0.3 is 19.5 Å². The number of carbonyl (C=O) groups is 1. The summed E-state index contributed by atoms with van der Waals surface area (Å²) in [6.07, 6.45) is -0.894. The van der Waals surface area contributed by atoms with Crippen LogP contribution < -0.4 is 0 Å². The smallest absolute Gasteiger partial charge is 0.410 e. The van der Waals surface area contributed by atoms with E-state index in [0.29, 0.717) is 0 Å². The maximum Gasteiger partial charge on any atom is 0.410 e. The van der Waals surface area contributed by atoms with E-state index in [1.807, 2.05) is 0 Å². The lowest BCUT2D eigenvalue weighted by molar-refractivity contribution is 0.0154. The minimum absolute atomic E-state index is 0.110. The van der Waals surface area contributed by atoms with Gasteiger partial charge in [0.25, 0.3) is 0 Å². The van der Waals surface area contributed by atoms with Crippen LogP contribution >= 0.6 is 0 Å². The van der Waals surface area contributed by atoms with Gasteiger partial charge in [0.05, 0.1) is 29.4 Å². The highest BCUT2D eigenvalue weighted by atomic mass is 16.6. The molecule has 16 heavy (non-hydrogen) atoms. The number of carbonyl (C=O) groups excluding carboxylic acids is 1. The second-order valence-electron chi connectivity index (χ2n) is 4.94. The lowest BCUT2D eigenvalue weighted by Gasteiger charge is -2.27. The molecule has 0 aromatic rings. The molecule has 1 fully saturated rings. The van der Waals surface area contributed by atoms with Crippen molar-refractivity contribution in [3.05, 3.63) is 0 Å². The standard InChI is InChI=1S/C11H21NO4/c1-11(2,3)16-10(14)12-6-9(15-4)5-8(12)7-13/h8-9,13H,5-7H2,1-4H3/t8-,9-/m1/s1/i4D3. The lowest BCUT2D eigenvalue weighted by Crippen LogP contribution is -2.41. The molecule has 0 saturated carbocycles. The van der Waals surface area contributed by atoms with Crippen molar-refractivity contribution in [1.29, 1.82) is 0 Å². The molecule has 1 aliphatic heterocycles. The normalized spacial score (nSPS) is 29.5. The van der Waals surface area contributed by atoms with Crippen molar-refractivity contribution in [3.63, 3.8) is 0 Å². The monoisotopic (exact) mass is 234 g/mol. The van der Waals surface area contributed by atoms with E-state index in [4.69, 9.17) is 13.6 Å². The summed E-state index contributed by atoms with van der Waals surface area (Å²) < 4.78 is 31.2. The Morgan fingerprint density at radius 3 is 2.81 bits per heavy atom. The molecule has 1 rings (SSSR count). The molecule has 0 aromatic carbocycles. The Morgan fingerprint density at radius 1 is 1.62 bits per heavy atom. The SMILES string of the molecule is [2H]C([2H])([2H])O[C@@H]1C[C@H](CO)N(C(=O)OC(C)(C)C)C1. The number of nitrogens with zero attached hydrogens (tertiary/aromatic N) is 1. The Labute approximate surface area is 101 Å². The Kier molecular flexibility index (Phi) is 2.90. The highest BCUT2D eigenvalue weighted by Gasteiger charge is 2.37. The van der Waals surface area contributed by atoms with Crippen LogP contribution in [0.3, 0.4) is 0 Å². The number of methoxy groups -OCH3 is 1. The fraction of sp³-hybridized carbons (Fsp3) is 0.909. The molecule has 94 valence electrons. The minimum Gasteiger partial charge on any atom is -0.444 e. The quantitative estimate of drug-likeness (QED) is 0.774. The van der Waals surface area contributed by atoms with E-state index in [9.17, 15) is 9.90 Å². The van der Waals surface area contributed by atoms with Gasteiger partial charge in [-0.05, 0) is 27.2 Å². The van der Waals surface area contributed by atoms with Crippen LogP contribution in [-0.4, -0.2) is 54.0 Å². The number of aliphatic hydroxyl groups is 1. The van der Waals surface area contributed by atoms with Crippen molar-refractivity contribution in [3.8, 4) is 0 Å². The molecule has 0 unspecified atom stereocenters. The molecule has 1 amide bonds. The number of rotatable bonds is 2. The average molecular weight is 234 g/mol. The van der Waals surface area contributed by atoms with Gasteiger partial charge in [0.2, 0.25) is 0 Å². The van der Waals surface area contributed by atoms with E-state index in [0.717, 1.165) is 0 Å². The van der Waals surface area contributed by atoms with Crippen molar-refractivity contribution in [1.82, 2.24) is 4.90 Å². The Bertz CT molecular complexity index is 327. The molecule has 1 saturated heterocycles. The Hall–Kier alpha value is -0.810. The summed E-state index contributed by atoms with van der Waals surface area (Å²) in [5.41, 5.74) is -0.639. The van der Waals surface area contributed by atoms with Crippen molar-refractivity contribution >= 4 is 6.09 Å². The van der Waals surface area contributed by atoms with E-state index in [1.54, 1.807) is 20.8 Å². The summed E-state index contributed by atoms with van der Waals surface area (Å²) in [7, 11) is -2.51. The van der Waals surface area contributed by atoms with Crippen LogP contribution in [0.15, 0.2) is 0 Å². The third-order valence-corrected chi connectivity index (χ3v) is 2.38. The molecule has 1 aliphatic rings. The van der Waals surface area contributed by atoms with Crippen molar-refractivity contribution in [2.24, 2.45) is 0 Å². The number of likely N-dealkylation sites (tertiary alicyclic amines) is 1. The summed E-state index contributed by atoms with van der Waals surface area (Å²) in [5.74, 6) is 0. The first-order chi connectivity index (χ1) is 8.52. The number of hydrogen-bond donors (Lipinski definition) is 1. The van der Waals surface area contributed by atoms with Gasteiger partial charge in [-0.3, -0.25) is 0 Å². The van der Waals surface area contributed by atoms with Crippen LogP contribution in [0.5, 0.6) is 0 Å². The number of ether oxygens (including phenoxy) is 2. The molecule has 0 bridgehead atoms. The summed E-state index contributed by atoms with van der Waals surface area (Å²) in [5, 5.41) is 9.25. The molecular weight excluding hydrogens is 210 g/mol. The molecule has 2 atom stereocenters. The van der Waals surface area contributed by atoms with E-state index in [1.165, 1.54) is 4.90 Å². The fourth-order valence-corrected chi connectivity index (χ4v) is 1.68. The van der Waals surface area contributed by atoms with Crippen molar-refractivity contribution in [2.45, 2.75) is 44.9 Å². The summed E-state index contributed by atoms with van der Waals surface area (Å²) in [6.45, 7) is 5.08. The van der Waals surface area contributed by atoms with Gasteiger partial charge in [0, 0.05) is 7.04 Å². The van der Waals surface area contributed by atoms with Gasteiger partial charge in [-0.1, -0.05) is 0 Å². The van der Waals surface area contributed by atoms with E-state index < -0.39 is 30.9 Å². The predicted molar refractivity (Wildman–Crippen MR) is 59.2 cm³/mol. The number of aliphatic hydroxyl groups excluding tert-OH is 1. The van der Waals surface area contributed by atoms with Crippen LogP contribution in [0.4, 0.5) is 4.79 Å². The maximum absolute atomic E-state index is 11.9. The van der Waals surface area contributed by atoms with Crippen LogP contribution in [0.2, 0.25) is 0 Å². The van der Waals surface area contributed by atoms with Gasteiger partial charge in [0.1, 0.15) is 5.60 Å². The second kappa shape index (κ2) is 5.01. The highest BCUT2D eigenvalue weighted by Crippen LogP contribution is 2.22. The summed E-state index contributed by atoms with van der Waals surface area (Å²) in [6, 6.07) is -0.470. The first kappa shape index (κ1) is 9.24. The molecular formula is C11H21NO4. The van der Waals surface area contributed by atoms with Crippen molar-refractivity contribution in [2.75, 3.05) is 20.2 Å². The van der Waals surface area contributed by atoms with Gasteiger partial charge in [-0.25, -0.2) is 4.79 Å². The van der Waals surface area contributed by atoms with Crippen LogP contribution in [0, 0.1) is 0 Å². The average Bonchev–Trinajstić information content (AvgIpc) is 2.55. The molecule has 0 spiro atoms. The van der Waals surface area contributed by atoms with Crippen LogP contribution in [0.25, 0.3) is 0 Å². The van der Waals surface area contributed by atoms with Gasteiger partial charge >= 0.3 is 6.09 Å². The molecule has 5 nitrogen and oxygen atoms in total. The Morgan fingerprint density at radius 2 is 2.31 bits per heavy atom. The topological polar surface area (TPSA) is 59.0 Å². The van der Waals surface area contributed by atoms with E-state index in [-0.39, 0.29) is 19.6 Å². The zero-order chi connectivity index (χ0) is 14.8. The van der Waals surface area contributed by atoms with E-state index in [2.05, 4.69) is 0 Å². The summed E-state index contributed by atoms with van der Waals surface area (Å²) in [4.78, 5) is 13.3. The first-order valence-electron chi connectivity index (χ1n) is 6.80. The molecule has 1 heterocycles. The third-order valence-electron chi connectivity index (χ3n) is 2.38. The van der Waals surface area contributed by atoms with E-state index >= 15 is 0 Å².